The van der Waals surface area contributed by atoms with E-state index in [0.717, 1.165) is 98.7 Å². The number of likely N-dealkylation sites (tertiary alicyclic amines) is 1. The van der Waals surface area contributed by atoms with Crippen molar-refractivity contribution in [3.63, 3.8) is 0 Å². The number of ether oxygens (including phenoxy) is 2. The molecule has 0 amide bonds. The summed E-state index contributed by atoms with van der Waals surface area (Å²) in [5, 5.41) is 0. The van der Waals surface area contributed by atoms with Crippen LogP contribution in [0.15, 0.2) is 24.3 Å². The van der Waals surface area contributed by atoms with Gasteiger partial charge in [-0.2, -0.15) is 9.97 Å². The number of para-hydroxylation sites is 2. The van der Waals surface area contributed by atoms with Gasteiger partial charge in [-0.05, 0) is 25.5 Å². The Hall–Kier alpha value is -3.12. The second-order valence-electron chi connectivity index (χ2n) is 10.5. The number of hydrogen-bond acceptors (Lipinski definition) is 9. The van der Waals surface area contributed by atoms with Crippen molar-refractivity contribution in [2.24, 2.45) is 7.05 Å². The van der Waals surface area contributed by atoms with Gasteiger partial charge >= 0.3 is 0 Å². The van der Waals surface area contributed by atoms with Crippen molar-refractivity contribution in [1.29, 1.82) is 0 Å². The molecule has 7 rings (SSSR count). The van der Waals surface area contributed by atoms with Crippen LogP contribution in [0.2, 0.25) is 0 Å². The molecule has 0 unspecified atom stereocenters. The predicted octanol–water partition coefficient (Wildman–Crippen LogP) is 1.75. The molecule has 0 bridgehead atoms. The Labute approximate surface area is 222 Å². The molecule has 6 heterocycles. The van der Waals surface area contributed by atoms with Gasteiger partial charge in [-0.25, -0.2) is 9.97 Å². The molecular weight excluding hydrogens is 482 g/mol. The van der Waals surface area contributed by atoms with E-state index >= 15 is 0 Å². The van der Waals surface area contributed by atoms with E-state index in [1.165, 1.54) is 6.42 Å². The summed E-state index contributed by atoms with van der Waals surface area (Å²) in [6.45, 7) is 11.7. The third kappa shape index (κ3) is 4.23. The van der Waals surface area contributed by atoms with Gasteiger partial charge in [-0.1, -0.05) is 12.1 Å². The minimum atomic E-state index is 0.599. The quantitative estimate of drug-likeness (QED) is 0.393. The molecule has 1 atom stereocenters. The topological polar surface area (TPSA) is 89.6 Å². The second kappa shape index (κ2) is 9.88. The van der Waals surface area contributed by atoms with Gasteiger partial charge in [0.25, 0.3) is 0 Å². The fourth-order valence-corrected chi connectivity index (χ4v) is 6.11. The van der Waals surface area contributed by atoms with Crippen LogP contribution < -0.4 is 4.90 Å². The van der Waals surface area contributed by atoms with Crippen LogP contribution in [0, 0.1) is 6.92 Å². The zero-order chi connectivity index (χ0) is 25.6. The van der Waals surface area contributed by atoms with Gasteiger partial charge in [0, 0.05) is 52.4 Å². The molecule has 11 heteroatoms. The Bertz CT molecular complexity index is 1450. The van der Waals surface area contributed by atoms with Crippen molar-refractivity contribution in [2.45, 2.75) is 25.9 Å². The molecule has 200 valence electrons. The normalized spacial score (nSPS) is 21.7. The van der Waals surface area contributed by atoms with Gasteiger partial charge in [0.15, 0.2) is 17.0 Å². The van der Waals surface area contributed by atoms with E-state index in [2.05, 4.69) is 36.9 Å². The molecule has 0 radical (unpaired) electrons. The molecule has 0 spiro atoms. The maximum Gasteiger partial charge on any atom is 0.239 e. The molecule has 0 aliphatic carbocycles. The van der Waals surface area contributed by atoms with E-state index in [1.54, 1.807) is 0 Å². The van der Waals surface area contributed by atoms with Crippen molar-refractivity contribution < 1.29 is 9.47 Å². The third-order valence-electron chi connectivity index (χ3n) is 8.19. The third-order valence-corrected chi connectivity index (χ3v) is 8.19. The smallest absolute Gasteiger partial charge is 0.239 e. The van der Waals surface area contributed by atoms with E-state index in [0.29, 0.717) is 25.2 Å². The van der Waals surface area contributed by atoms with Crippen molar-refractivity contribution in [1.82, 2.24) is 38.9 Å². The Morgan fingerprint density at radius 3 is 2.47 bits per heavy atom. The fraction of sp³-hybridized carbons (Fsp3) is 0.556. The van der Waals surface area contributed by atoms with Gasteiger partial charge in [0.1, 0.15) is 11.6 Å². The highest BCUT2D eigenvalue weighted by Gasteiger charge is 2.30. The Kier molecular flexibility index (Phi) is 6.23. The lowest BCUT2D eigenvalue weighted by Crippen LogP contribution is -2.44. The summed E-state index contributed by atoms with van der Waals surface area (Å²) in [5.41, 5.74) is 3.66. The van der Waals surface area contributed by atoms with Gasteiger partial charge in [0.05, 0.1) is 44.0 Å². The van der Waals surface area contributed by atoms with Crippen molar-refractivity contribution in [3.05, 3.63) is 35.9 Å². The van der Waals surface area contributed by atoms with Crippen molar-refractivity contribution in [3.8, 4) is 5.95 Å². The van der Waals surface area contributed by atoms with Gasteiger partial charge < -0.3 is 18.9 Å². The number of hydrogen-bond donors (Lipinski definition) is 0. The summed E-state index contributed by atoms with van der Waals surface area (Å²) in [5.74, 6) is 3.40. The minimum absolute atomic E-state index is 0.599. The molecule has 11 nitrogen and oxygen atoms in total. The summed E-state index contributed by atoms with van der Waals surface area (Å²) in [6.07, 6.45) is 1.19. The Morgan fingerprint density at radius 2 is 1.66 bits per heavy atom. The molecule has 38 heavy (non-hydrogen) atoms. The number of fused-ring (bicyclic) bond motifs is 2. The summed E-state index contributed by atoms with van der Waals surface area (Å²) in [6, 6.07) is 8.75. The largest absolute Gasteiger partial charge is 0.379 e. The van der Waals surface area contributed by atoms with Crippen LogP contribution in [0.5, 0.6) is 0 Å². The highest BCUT2D eigenvalue weighted by atomic mass is 16.5. The maximum absolute atomic E-state index is 5.65. The van der Waals surface area contributed by atoms with Gasteiger partial charge in [-0.3, -0.25) is 14.4 Å². The van der Waals surface area contributed by atoms with Crippen LogP contribution in [-0.4, -0.2) is 111 Å². The number of aryl methyl sites for hydroxylation is 2. The number of nitrogens with zero attached hydrogens (tertiary/aromatic N) is 9. The van der Waals surface area contributed by atoms with Crippen LogP contribution in [0.3, 0.4) is 0 Å². The molecule has 1 aromatic carbocycles. The summed E-state index contributed by atoms with van der Waals surface area (Å²) in [4.78, 5) is 27.5. The van der Waals surface area contributed by atoms with Crippen LogP contribution in [0.4, 0.5) is 5.82 Å². The first-order valence-corrected chi connectivity index (χ1v) is 13.7. The molecule has 3 fully saturated rings. The average Bonchev–Trinajstić information content (AvgIpc) is 3.65. The lowest BCUT2D eigenvalue weighted by atomic mass is 10.2. The number of anilines is 1. The zero-order valence-corrected chi connectivity index (χ0v) is 22.2. The average molecular weight is 518 g/mol. The first kappa shape index (κ1) is 24.0. The second-order valence-corrected chi connectivity index (χ2v) is 10.5. The van der Waals surface area contributed by atoms with Crippen LogP contribution in [0.1, 0.15) is 18.1 Å². The Balaban J connectivity index is 1.26. The predicted molar refractivity (Wildman–Crippen MR) is 145 cm³/mol. The van der Waals surface area contributed by atoms with E-state index in [4.69, 9.17) is 29.4 Å². The fourth-order valence-electron chi connectivity index (χ4n) is 6.11. The van der Waals surface area contributed by atoms with E-state index in [9.17, 15) is 0 Å². The first-order valence-electron chi connectivity index (χ1n) is 13.7. The SMILES string of the molecule is Cc1nc2ccccc2n1-c1nc(N2CCOCC2)c2nc(CN3CC[C@H](N4CCOCC4)C3)n(C)c2n1. The minimum Gasteiger partial charge on any atom is -0.379 e. The molecule has 3 aliphatic heterocycles. The molecule has 3 aliphatic rings. The van der Waals surface area contributed by atoms with Crippen molar-refractivity contribution >= 4 is 28.0 Å². The number of rotatable bonds is 5. The zero-order valence-electron chi connectivity index (χ0n) is 22.2. The highest BCUT2D eigenvalue weighted by Crippen LogP contribution is 2.29. The maximum atomic E-state index is 5.65. The molecular formula is C27H35N9O2. The Morgan fingerprint density at radius 1 is 0.895 bits per heavy atom. The van der Waals surface area contributed by atoms with E-state index < -0.39 is 0 Å². The standard InChI is InChI=1S/C27H35N9O2/c1-19-28-21-5-3-4-6-22(21)36(19)27-30-25-24(26(31-27)35-11-15-38-16-12-35)29-23(32(25)2)18-33-8-7-20(17-33)34-9-13-37-14-10-34/h3-6,20H,7-18H2,1-2H3/t20-/m0/s1. The lowest BCUT2D eigenvalue weighted by molar-refractivity contribution is 0.0183. The van der Waals surface area contributed by atoms with E-state index in [-0.39, 0.29) is 0 Å². The van der Waals surface area contributed by atoms with Crippen molar-refractivity contribution in [2.75, 3.05) is 70.6 Å². The van der Waals surface area contributed by atoms with Crippen LogP contribution in [-0.2, 0) is 23.1 Å². The monoisotopic (exact) mass is 517 g/mol. The van der Waals surface area contributed by atoms with Gasteiger partial charge in [0.2, 0.25) is 5.95 Å². The molecule has 0 saturated carbocycles. The lowest BCUT2D eigenvalue weighted by Gasteiger charge is -2.32. The number of imidazole rings is 2. The van der Waals surface area contributed by atoms with E-state index in [1.807, 2.05) is 25.1 Å². The molecule has 3 saturated heterocycles. The molecule has 3 aromatic heterocycles. The molecule has 4 aromatic rings. The summed E-state index contributed by atoms with van der Waals surface area (Å²) >= 11 is 0. The summed E-state index contributed by atoms with van der Waals surface area (Å²) < 4.78 is 15.4. The number of benzene rings is 1. The van der Waals surface area contributed by atoms with Gasteiger partial charge in [-0.15, -0.1) is 0 Å². The highest BCUT2D eigenvalue weighted by molar-refractivity contribution is 5.86. The molecule has 0 N–H and O–H groups in total. The van der Waals surface area contributed by atoms with Crippen LogP contribution >= 0.6 is 0 Å². The summed E-state index contributed by atoms with van der Waals surface area (Å²) in [7, 11) is 2.08. The first-order chi connectivity index (χ1) is 18.7. The number of aromatic nitrogens is 6. The van der Waals surface area contributed by atoms with Crippen LogP contribution in [0.25, 0.3) is 28.1 Å². The number of morpholine rings is 2.